The summed E-state index contributed by atoms with van der Waals surface area (Å²) >= 11 is 1.20. The fourth-order valence-electron chi connectivity index (χ4n) is 5.65. The molecule has 216 valence electrons. The molecule has 0 unspecified atom stereocenters. The summed E-state index contributed by atoms with van der Waals surface area (Å²) in [6.07, 6.45) is 0. The molecule has 5 aromatic rings. The first-order valence-corrected chi connectivity index (χ1v) is 14.8. The normalized spacial score (nSPS) is 17.3. The lowest BCUT2D eigenvalue weighted by atomic mass is 9.91. The van der Waals surface area contributed by atoms with E-state index in [1.54, 1.807) is 24.1 Å². The molecule has 7 rings (SSSR count). The molecule has 1 atom stereocenters. The van der Waals surface area contributed by atoms with Crippen molar-refractivity contribution >= 4 is 56.3 Å². The van der Waals surface area contributed by atoms with Crippen LogP contribution in [-0.4, -0.2) is 28.3 Å². The van der Waals surface area contributed by atoms with Crippen LogP contribution in [0.25, 0.3) is 10.8 Å². The summed E-state index contributed by atoms with van der Waals surface area (Å²) in [6.45, 7) is 1.91. The SMILES string of the molecule is CCOC(=O)C1=NN(c2cccc([N+](=O)[O-])c2)[C@@]2(S1)c1ccccc1C(c1cccc3ccccc13)=NN2c1ccccc1. The van der Waals surface area contributed by atoms with Crippen molar-refractivity contribution in [3.05, 3.63) is 148 Å². The quantitative estimate of drug-likeness (QED) is 0.115. The Morgan fingerprint density at radius 2 is 1.48 bits per heavy atom. The smallest absolute Gasteiger partial charge is 0.365 e. The number of anilines is 2. The third kappa shape index (κ3) is 4.38. The third-order valence-electron chi connectivity index (χ3n) is 7.52. The highest BCUT2D eigenvalue weighted by atomic mass is 32.2. The van der Waals surface area contributed by atoms with E-state index in [4.69, 9.17) is 14.9 Å². The van der Waals surface area contributed by atoms with Gasteiger partial charge in [0.15, 0.2) is 0 Å². The van der Waals surface area contributed by atoms with Crippen LogP contribution in [-0.2, 0) is 14.5 Å². The predicted octanol–water partition coefficient (Wildman–Crippen LogP) is 7.26. The van der Waals surface area contributed by atoms with Crippen LogP contribution in [0.3, 0.4) is 0 Å². The molecule has 44 heavy (non-hydrogen) atoms. The minimum atomic E-state index is -1.27. The second kappa shape index (κ2) is 11.0. The molecule has 0 aromatic heterocycles. The number of benzene rings is 5. The van der Waals surface area contributed by atoms with Crippen molar-refractivity contribution in [3.63, 3.8) is 0 Å². The van der Waals surface area contributed by atoms with E-state index in [0.29, 0.717) is 5.69 Å². The summed E-state index contributed by atoms with van der Waals surface area (Å²) in [4.78, 5) is 23.3. The van der Waals surface area contributed by atoms with Crippen LogP contribution in [0.15, 0.2) is 132 Å². The number of hydrogen-bond acceptors (Lipinski definition) is 9. The highest BCUT2D eigenvalue weighted by molar-refractivity contribution is 8.16. The molecule has 0 amide bonds. The zero-order valence-electron chi connectivity index (χ0n) is 23.5. The highest BCUT2D eigenvalue weighted by Gasteiger charge is 2.56. The number of ether oxygens (including phenoxy) is 1. The van der Waals surface area contributed by atoms with E-state index in [0.717, 1.165) is 38.9 Å². The minimum absolute atomic E-state index is 0.0993. The highest BCUT2D eigenvalue weighted by Crippen LogP contribution is 2.55. The van der Waals surface area contributed by atoms with Crippen molar-refractivity contribution in [2.45, 2.75) is 11.9 Å². The largest absolute Gasteiger partial charge is 0.461 e. The lowest BCUT2D eigenvalue weighted by Gasteiger charge is -2.47. The van der Waals surface area contributed by atoms with Gasteiger partial charge in [0, 0.05) is 28.8 Å². The summed E-state index contributed by atoms with van der Waals surface area (Å²) in [5.41, 5.74) is 4.41. The van der Waals surface area contributed by atoms with E-state index in [9.17, 15) is 14.9 Å². The molecular weight excluding hydrogens is 574 g/mol. The Morgan fingerprint density at radius 3 is 2.30 bits per heavy atom. The van der Waals surface area contributed by atoms with Gasteiger partial charge in [-0.3, -0.25) is 10.1 Å². The third-order valence-corrected chi connectivity index (χ3v) is 8.81. The molecule has 2 aliphatic rings. The molecule has 10 heteroatoms. The Balaban J connectivity index is 1.54. The molecule has 9 nitrogen and oxygen atoms in total. The van der Waals surface area contributed by atoms with Gasteiger partial charge in [-0.1, -0.05) is 91.0 Å². The first-order valence-electron chi connectivity index (χ1n) is 14.0. The molecule has 0 aliphatic carbocycles. The molecule has 0 fully saturated rings. The number of fused-ring (bicyclic) bond motifs is 3. The molecule has 1 spiro atoms. The van der Waals surface area contributed by atoms with E-state index in [-0.39, 0.29) is 17.3 Å². The Kier molecular flexibility index (Phi) is 6.83. The number of esters is 1. The second-order valence-corrected chi connectivity index (χ2v) is 11.3. The van der Waals surface area contributed by atoms with E-state index < -0.39 is 15.9 Å². The van der Waals surface area contributed by atoms with Crippen LogP contribution in [0, 0.1) is 10.1 Å². The zero-order valence-corrected chi connectivity index (χ0v) is 24.3. The van der Waals surface area contributed by atoms with Crippen molar-refractivity contribution in [3.8, 4) is 0 Å². The van der Waals surface area contributed by atoms with Gasteiger partial charge in [-0.2, -0.15) is 10.2 Å². The van der Waals surface area contributed by atoms with Crippen LogP contribution >= 0.6 is 11.8 Å². The van der Waals surface area contributed by atoms with Crippen molar-refractivity contribution in [2.75, 3.05) is 16.6 Å². The van der Waals surface area contributed by atoms with Crippen LogP contribution in [0.5, 0.6) is 0 Å². The number of para-hydroxylation sites is 1. The molecule has 2 aliphatic heterocycles. The van der Waals surface area contributed by atoms with Crippen LogP contribution in [0.2, 0.25) is 0 Å². The topological polar surface area (TPSA) is 101 Å². The van der Waals surface area contributed by atoms with Gasteiger partial charge in [0.1, 0.15) is 0 Å². The molecule has 0 N–H and O–H groups in total. The molecule has 5 aromatic carbocycles. The van der Waals surface area contributed by atoms with Crippen molar-refractivity contribution < 1.29 is 14.5 Å². The Bertz CT molecular complexity index is 1990. The van der Waals surface area contributed by atoms with Gasteiger partial charge >= 0.3 is 5.97 Å². The second-order valence-electron chi connectivity index (χ2n) is 10.1. The summed E-state index contributed by atoms with van der Waals surface area (Å²) in [5, 5.41) is 27.7. The maximum absolute atomic E-state index is 13.2. The number of hydrazone groups is 2. The number of nitrogens with zero attached hydrogens (tertiary/aromatic N) is 5. The fraction of sp³-hybridized carbons (Fsp3) is 0.0882. The van der Waals surface area contributed by atoms with Gasteiger partial charge in [-0.25, -0.2) is 14.8 Å². The molecule has 0 saturated carbocycles. The fourth-order valence-corrected chi connectivity index (χ4v) is 6.94. The number of thioether (sulfide) groups is 1. The maximum Gasteiger partial charge on any atom is 0.365 e. The molecule has 0 saturated heterocycles. The number of non-ortho nitro benzene ring substituents is 1. The standard InChI is InChI=1S/C34H25N5O4S/c1-2-43-33(40)32-36-38(25-16-11-17-26(22-25)39(41)42)34(44-32)30-21-9-8-19-29(30)31(35-37(34)24-14-4-3-5-15-24)28-20-10-13-23-12-6-7-18-27(23)28/h3-22H,2H2,1H3/t34-/m1/s1. The lowest BCUT2D eigenvalue weighted by Crippen LogP contribution is -2.54. The van der Waals surface area contributed by atoms with E-state index in [1.165, 1.54) is 23.9 Å². The average Bonchev–Trinajstić information content (AvgIpc) is 3.46. The van der Waals surface area contributed by atoms with Gasteiger partial charge in [-0.15, -0.1) is 0 Å². The number of rotatable bonds is 6. The average molecular weight is 600 g/mol. The van der Waals surface area contributed by atoms with Gasteiger partial charge in [-0.05, 0) is 47.7 Å². The zero-order chi connectivity index (χ0) is 30.3. The number of carbonyl (C=O) groups excluding carboxylic acids is 1. The molecule has 0 bridgehead atoms. The van der Waals surface area contributed by atoms with Crippen molar-refractivity contribution in [2.24, 2.45) is 10.2 Å². The number of carbonyl (C=O) groups is 1. The summed E-state index contributed by atoms with van der Waals surface area (Å²) in [5.74, 6) is -0.584. The van der Waals surface area contributed by atoms with Gasteiger partial charge < -0.3 is 4.74 Å². The maximum atomic E-state index is 13.2. The Labute approximate surface area is 257 Å². The van der Waals surface area contributed by atoms with Gasteiger partial charge in [0.05, 0.1) is 28.6 Å². The lowest BCUT2D eigenvalue weighted by molar-refractivity contribution is -0.384. The van der Waals surface area contributed by atoms with Gasteiger partial charge in [0.2, 0.25) is 10.0 Å². The monoisotopic (exact) mass is 599 g/mol. The molecule has 2 heterocycles. The number of nitro groups is 1. The first-order chi connectivity index (χ1) is 21.5. The van der Waals surface area contributed by atoms with Crippen molar-refractivity contribution in [1.82, 2.24) is 0 Å². The first kappa shape index (κ1) is 27.4. The van der Waals surface area contributed by atoms with E-state index >= 15 is 0 Å². The minimum Gasteiger partial charge on any atom is -0.461 e. The molecule has 0 radical (unpaired) electrons. The van der Waals surface area contributed by atoms with E-state index in [2.05, 4.69) is 24.3 Å². The number of hydrogen-bond donors (Lipinski definition) is 0. The van der Waals surface area contributed by atoms with Gasteiger partial charge in [0.25, 0.3) is 5.69 Å². The summed E-state index contributed by atoms with van der Waals surface area (Å²) in [6, 6.07) is 38.1. The Hall–Kier alpha value is -5.48. The Morgan fingerprint density at radius 1 is 0.818 bits per heavy atom. The summed E-state index contributed by atoms with van der Waals surface area (Å²) in [7, 11) is 0. The summed E-state index contributed by atoms with van der Waals surface area (Å²) < 4.78 is 5.39. The van der Waals surface area contributed by atoms with E-state index in [1.807, 2.05) is 77.8 Å². The van der Waals surface area contributed by atoms with Crippen LogP contribution < -0.4 is 10.0 Å². The molecular formula is C34H25N5O4S. The van der Waals surface area contributed by atoms with Crippen LogP contribution in [0.4, 0.5) is 17.1 Å². The predicted molar refractivity (Wildman–Crippen MR) is 174 cm³/mol. The number of nitro benzene ring substituents is 1. The van der Waals surface area contributed by atoms with Crippen LogP contribution in [0.1, 0.15) is 23.6 Å². The van der Waals surface area contributed by atoms with Crippen molar-refractivity contribution in [1.29, 1.82) is 0 Å².